The SMILES string of the molecule is COc1ccc(CCNC(=NCC(=O)N(C)C)N2CCN(c3ccccn3)CC2)cc1.I. The fourth-order valence-corrected chi connectivity index (χ4v) is 3.35. The summed E-state index contributed by atoms with van der Waals surface area (Å²) in [5.74, 6) is 2.62. The molecule has 1 fully saturated rings. The third kappa shape index (κ3) is 7.54. The minimum Gasteiger partial charge on any atom is -0.497 e. The van der Waals surface area contributed by atoms with E-state index in [1.54, 1.807) is 26.1 Å². The quantitative estimate of drug-likeness (QED) is 0.323. The number of likely N-dealkylation sites (N-methyl/N-ethyl adjacent to an activating group) is 1. The molecule has 2 aromatic rings. The Kier molecular flexibility index (Phi) is 10.5. The number of hydrogen-bond donors (Lipinski definition) is 1. The second-order valence-corrected chi connectivity index (χ2v) is 7.61. The minimum absolute atomic E-state index is 0. The number of nitrogens with one attached hydrogen (secondary N) is 1. The molecule has 1 N–H and O–H groups in total. The van der Waals surface area contributed by atoms with Crippen molar-refractivity contribution in [1.82, 2.24) is 20.1 Å². The van der Waals surface area contributed by atoms with Crippen LogP contribution >= 0.6 is 24.0 Å². The molecule has 0 saturated carbocycles. The Labute approximate surface area is 207 Å². The number of halogens is 1. The molecule has 174 valence electrons. The van der Waals surface area contributed by atoms with Crippen LogP contribution in [0.25, 0.3) is 0 Å². The molecule has 8 nitrogen and oxygen atoms in total. The summed E-state index contributed by atoms with van der Waals surface area (Å²) in [6.07, 6.45) is 2.68. The highest BCUT2D eigenvalue weighted by Crippen LogP contribution is 2.13. The summed E-state index contributed by atoms with van der Waals surface area (Å²) in [6, 6.07) is 14.0. The Bertz CT molecular complexity index is 853. The summed E-state index contributed by atoms with van der Waals surface area (Å²) < 4.78 is 5.22. The highest BCUT2D eigenvalue weighted by molar-refractivity contribution is 14.0. The standard InChI is InChI=1S/C23H32N6O2.HI/c1-27(2)22(30)18-26-23(25-13-11-19-7-9-20(31-3)10-8-19)29-16-14-28(15-17-29)21-6-4-5-12-24-21;/h4-10,12H,11,13-18H2,1-3H3,(H,25,26);1H. The van der Waals surface area contributed by atoms with E-state index in [2.05, 4.69) is 37.2 Å². The fraction of sp³-hybridized carbons (Fsp3) is 0.435. The third-order valence-corrected chi connectivity index (χ3v) is 5.27. The van der Waals surface area contributed by atoms with Crippen LogP contribution < -0.4 is 15.0 Å². The van der Waals surface area contributed by atoms with Gasteiger partial charge in [0.25, 0.3) is 0 Å². The van der Waals surface area contributed by atoms with Crippen molar-refractivity contribution < 1.29 is 9.53 Å². The van der Waals surface area contributed by atoms with Gasteiger partial charge in [0.05, 0.1) is 7.11 Å². The molecule has 3 rings (SSSR count). The maximum Gasteiger partial charge on any atom is 0.243 e. The van der Waals surface area contributed by atoms with Crippen molar-refractivity contribution in [2.24, 2.45) is 4.99 Å². The molecule has 0 unspecified atom stereocenters. The van der Waals surface area contributed by atoms with Crippen molar-refractivity contribution in [3.8, 4) is 5.75 Å². The van der Waals surface area contributed by atoms with Crippen molar-refractivity contribution in [2.75, 3.05) is 65.4 Å². The molecule has 9 heteroatoms. The average Bonchev–Trinajstić information content (AvgIpc) is 2.82. The van der Waals surface area contributed by atoms with Gasteiger partial charge in [-0.25, -0.2) is 9.98 Å². The number of aromatic nitrogens is 1. The predicted molar refractivity (Wildman–Crippen MR) is 139 cm³/mol. The number of hydrogen-bond acceptors (Lipinski definition) is 5. The molecule has 1 amide bonds. The first-order chi connectivity index (χ1) is 15.1. The van der Waals surface area contributed by atoms with Gasteiger partial charge in [-0.05, 0) is 36.2 Å². The summed E-state index contributed by atoms with van der Waals surface area (Å²) in [5, 5.41) is 3.46. The van der Waals surface area contributed by atoms with Crippen LogP contribution in [0.3, 0.4) is 0 Å². The molecule has 1 aliphatic heterocycles. The summed E-state index contributed by atoms with van der Waals surface area (Å²) in [6.45, 7) is 4.23. The number of ether oxygens (including phenoxy) is 1. The highest BCUT2D eigenvalue weighted by atomic mass is 127. The Hall–Kier alpha value is -2.56. The van der Waals surface area contributed by atoms with Gasteiger partial charge in [-0.3, -0.25) is 4.79 Å². The van der Waals surface area contributed by atoms with Gasteiger partial charge < -0.3 is 24.8 Å². The molecular formula is C23H33IN6O2. The molecule has 1 saturated heterocycles. The smallest absolute Gasteiger partial charge is 0.243 e. The number of anilines is 1. The number of aliphatic imine (C=N–C) groups is 1. The van der Waals surface area contributed by atoms with Crippen molar-refractivity contribution in [3.63, 3.8) is 0 Å². The number of carbonyl (C=O) groups is 1. The van der Waals surface area contributed by atoms with Crippen LogP contribution in [0, 0.1) is 0 Å². The zero-order chi connectivity index (χ0) is 22.1. The van der Waals surface area contributed by atoms with Gasteiger partial charge in [0.15, 0.2) is 5.96 Å². The van der Waals surface area contributed by atoms with Crippen LogP contribution in [0.2, 0.25) is 0 Å². The third-order valence-electron chi connectivity index (χ3n) is 5.27. The normalized spacial score (nSPS) is 13.9. The molecule has 0 bridgehead atoms. The monoisotopic (exact) mass is 552 g/mol. The van der Waals surface area contributed by atoms with Gasteiger partial charge in [-0.2, -0.15) is 0 Å². The molecule has 2 heterocycles. The molecule has 0 spiro atoms. The van der Waals surface area contributed by atoms with Gasteiger partial charge in [0.1, 0.15) is 18.1 Å². The first kappa shape index (κ1) is 25.7. The summed E-state index contributed by atoms with van der Waals surface area (Å²) in [7, 11) is 5.17. The van der Waals surface area contributed by atoms with Crippen LogP contribution in [0.4, 0.5) is 5.82 Å². The Morgan fingerprint density at radius 1 is 1.12 bits per heavy atom. The van der Waals surface area contributed by atoms with E-state index in [1.165, 1.54) is 5.56 Å². The van der Waals surface area contributed by atoms with Gasteiger partial charge in [-0.1, -0.05) is 18.2 Å². The number of pyridine rings is 1. The van der Waals surface area contributed by atoms with Crippen LogP contribution in [0.1, 0.15) is 5.56 Å². The maximum atomic E-state index is 12.1. The van der Waals surface area contributed by atoms with Gasteiger partial charge in [0, 0.05) is 53.0 Å². The summed E-state index contributed by atoms with van der Waals surface area (Å²) in [4.78, 5) is 27.2. The minimum atomic E-state index is -0.0124. The van der Waals surface area contributed by atoms with E-state index in [0.29, 0.717) is 0 Å². The largest absolute Gasteiger partial charge is 0.497 e. The summed E-state index contributed by atoms with van der Waals surface area (Å²) in [5.41, 5.74) is 1.22. The highest BCUT2D eigenvalue weighted by Gasteiger charge is 2.21. The van der Waals surface area contributed by atoms with Gasteiger partial charge in [-0.15, -0.1) is 24.0 Å². The van der Waals surface area contributed by atoms with Crippen LogP contribution in [0.5, 0.6) is 5.75 Å². The number of guanidine groups is 1. The van der Waals surface area contributed by atoms with E-state index >= 15 is 0 Å². The lowest BCUT2D eigenvalue weighted by Crippen LogP contribution is -2.53. The van der Waals surface area contributed by atoms with E-state index in [-0.39, 0.29) is 36.4 Å². The lowest BCUT2D eigenvalue weighted by atomic mass is 10.1. The van der Waals surface area contributed by atoms with E-state index in [0.717, 1.165) is 56.7 Å². The lowest BCUT2D eigenvalue weighted by molar-refractivity contribution is -0.127. The van der Waals surface area contributed by atoms with E-state index in [9.17, 15) is 4.79 Å². The van der Waals surface area contributed by atoms with Crippen molar-refractivity contribution in [1.29, 1.82) is 0 Å². The number of carbonyl (C=O) groups excluding carboxylic acids is 1. The zero-order valence-corrected chi connectivity index (χ0v) is 21.4. The molecule has 1 aromatic carbocycles. The second-order valence-electron chi connectivity index (χ2n) is 7.61. The Morgan fingerprint density at radius 3 is 2.44 bits per heavy atom. The molecular weight excluding hydrogens is 519 g/mol. The fourth-order valence-electron chi connectivity index (χ4n) is 3.35. The predicted octanol–water partition coefficient (Wildman–Crippen LogP) is 2.11. The van der Waals surface area contributed by atoms with Crippen LogP contribution in [-0.2, 0) is 11.2 Å². The lowest BCUT2D eigenvalue weighted by Gasteiger charge is -2.37. The maximum absolute atomic E-state index is 12.1. The van der Waals surface area contributed by atoms with Crippen molar-refractivity contribution >= 4 is 41.7 Å². The van der Waals surface area contributed by atoms with E-state index in [4.69, 9.17) is 4.74 Å². The molecule has 0 radical (unpaired) electrons. The molecule has 0 aliphatic carbocycles. The van der Waals surface area contributed by atoms with Crippen molar-refractivity contribution in [3.05, 3.63) is 54.2 Å². The van der Waals surface area contributed by atoms with Crippen LogP contribution in [-0.4, -0.2) is 87.1 Å². The summed E-state index contributed by atoms with van der Waals surface area (Å²) >= 11 is 0. The first-order valence-corrected chi connectivity index (χ1v) is 10.6. The van der Waals surface area contributed by atoms with Crippen LogP contribution in [0.15, 0.2) is 53.7 Å². The number of piperazine rings is 1. The number of benzene rings is 1. The van der Waals surface area contributed by atoms with E-state index in [1.807, 2.05) is 36.5 Å². The Morgan fingerprint density at radius 2 is 1.84 bits per heavy atom. The average molecular weight is 552 g/mol. The molecule has 32 heavy (non-hydrogen) atoms. The molecule has 1 aliphatic rings. The Balaban J connectivity index is 0.00000363. The number of rotatable bonds is 7. The number of amides is 1. The van der Waals surface area contributed by atoms with Gasteiger partial charge >= 0.3 is 0 Å². The molecule has 0 atom stereocenters. The van der Waals surface area contributed by atoms with Crippen molar-refractivity contribution in [2.45, 2.75) is 6.42 Å². The van der Waals surface area contributed by atoms with Gasteiger partial charge in [0.2, 0.25) is 5.91 Å². The molecule has 1 aromatic heterocycles. The topological polar surface area (TPSA) is 73.3 Å². The number of methoxy groups -OCH3 is 1. The second kappa shape index (κ2) is 13.1. The number of nitrogens with zero attached hydrogens (tertiary/aromatic N) is 5. The van der Waals surface area contributed by atoms with E-state index < -0.39 is 0 Å². The first-order valence-electron chi connectivity index (χ1n) is 10.6. The zero-order valence-electron chi connectivity index (χ0n) is 19.0.